The molecule has 0 aliphatic heterocycles. The van der Waals surface area contributed by atoms with Crippen molar-refractivity contribution in [1.82, 2.24) is 10.2 Å². The van der Waals surface area contributed by atoms with Crippen LogP contribution in [0.4, 0.5) is 0 Å². The molecule has 3 heteroatoms. The van der Waals surface area contributed by atoms with E-state index in [9.17, 15) is 0 Å². The summed E-state index contributed by atoms with van der Waals surface area (Å²) in [7, 11) is 1.98. The average Bonchev–Trinajstić information content (AvgIpc) is 2.82. The van der Waals surface area contributed by atoms with Crippen molar-refractivity contribution in [2.45, 2.75) is 46.3 Å². The van der Waals surface area contributed by atoms with Crippen LogP contribution < -0.4 is 5.32 Å². The van der Waals surface area contributed by atoms with E-state index >= 15 is 0 Å². The van der Waals surface area contributed by atoms with E-state index in [1.807, 2.05) is 13.1 Å². The zero-order valence-electron chi connectivity index (χ0n) is 13.1. The van der Waals surface area contributed by atoms with Crippen molar-refractivity contribution >= 4 is 11.0 Å². The van der Waals surface area contributed by atoms with Gasteiger partial charge in [0.05, 0.1) is 6.54 Å². The summed E-state index contributed by atoms with van der Waals surface area (Å²) in [6, 6.07) is 8.89. The van der Waals surface area contributed by atoms with Crippen LogP contribution in [0.3, 0.4) is 0 Å². The summed E-state index contributed by atoms with van der Waals surface area (Å²) in [6.07, 6.45) is 1.16. The first-order valence-electron chi connectivity index (χ1n) is 7.59. The van der Waals surface area contributed by atoms with Crippen LogP contribution in [0, 0.1) is 0 Å². The third-order valence-corrected chi connectivity index (χ3v) is 4.10. The molecule has 0 saturated carbocycles. The SMILES string of the molecule is CCC(C)N(CC)Cc1oc2ccccc2c1CNC. The van der Waals surface area contributed by atoms with E-state index in [1.54, 1.807) is 0 Å². The van der Waals surface area contributed by atoms with Crippen molar-refractivity contribution in [3.05, 3.63) is 35.6 Å². The van der Waals surface area contributed by atoms with Crippen LogP contribution in [0.1, 0.15) is 38.5 Å². The first-order chi connectivity index (χ1) is 9.71. The third-order valence-electron chi connectivity index (χ3n) is 4.10. The highest BCUT2D eigenvalue weighted by Crippen LogP contribution is 2.27. The largest absolute Gasteiger partial charge is 0.459 e. The van der Waals surface area contributed by atoms with Gasteiger partial charge in [-0.25, -0.2) is 0 Å². The van der Waals surface area contributed by atoms with Gasteiger partial charge in [0.25, 0.3) is 0 Å². The van der Waals surface area contributed by atoms with Crippen LogP contribution in [0.15, 0.2) is 28.7 Å². The Labute approximate surface area is 122 Å². The Balaban J connectivity index is 2.34. The minimum Gasteiger partial charge on any atom is -0.459 e. The highest BCUT2D eigenvalue weighted by atomic mass is 16.3. The predicted molar refractivity (Wildman–Crippen MR) is 84.8 cm³/mol. The number of nitrogens with one attached hydrogen (secondary N) is 1. The van der Waals surface area contributed by atoms with Crippen LogP contribution in [0.5, 0.6) is 0 Å². The van der Waals surface area contributed by atoms with Crippen molar-refractivity contribution in [1.29, 1.82) is 0 Å². The van der Waals surface area contributed by atoms with Crippen LogP contribution in [-0.4, -0.2) is 24.5 Å². The molecule has 0 aliphatic carbocycles. The van der Waals surface area contributed by atoms with E-state index in [4.69, 9.17) is 4.42 Å². The Kier molecular flexibility index (Phi) is 5.21. The third kappa shape index (κ3) is 3.05. The quantitative estimate of drug-likeness (QED) is 0.833. The number of furan rings is 1. The molecule has 0 spiro atoms. The Morgan fingerprint density at radius 2 is 2.00 bits per heavy atom. The molecular weight excluding hydrogens is 248 g/mol. The normalized spacial score (nSPS) is 13.2. The fourth-order valence-corrected chi connectivity index (χ4v) is 2.67. The monoisotopic (exact) mass is 274 g/mol. The molecule has 1 N–H and O–H groups in total. The lowest BCUT2D eigenvalue weighted by atomic mass is 10.1. The van der Waals surface area contributed by atoms with E-state index < -0.39 is 0 Å². The number of nitrogens with zero attached hydrogens (tertiary/aromatic N) is 1. The van der Waals surface area contributed by atoms with E-state index in [-0.39, 0.29) is 0 Å². The predicted octanol–water partition coefficient (Wildman–Crippen LogP) is 3.77. The molecule has 20 heavy (non-hydrogen) atoms. The molecule has 1 heterocycles. The topological polar surface area (TPSA) is 28.4 Å². The van der Waals surface area contributed by atoms with Gasteiger partial charge >= 0.3 is 0 Å². The highest BCUT2D eigenvalue weighted by molar-refractivity contribution is 5.82. The number of hydrogen-bond donors (Lipinski definition) is 1. The number of rotatable bonds is 7. The highest BCUT2D eigenvalue weighted by Gasteiger charge is 2.18. The second kappa shape index (κ2) is 6.91. The maximum Gasteiger partial charge on any atom is 0.134 e. The van der Waals surface area contributed by atoms with Gasteiger partial charge < -0.3 is 9.73 Å². The van der Waals surface area contributed by atoms with Gasteiger partial charge in [-0.3, -0.25) is 4.90 Å². The number of benzene rings is 1. The van der Waals surface area contributed by atoms with Gasteiger partial charge in [-0.15, -0.1) is 0 Å². The van der Waals surface area contributed by atoms with Crippen LogP contribution in [0.25, 0.3) is 11.0 Å². The Morgan fingerprint density at radius 1 is 1.25 bits per heavy atom. The summed E-state index contributed by atoms with van der Waals surface area (Å²) in [5.74, 6) is 1.10. The fourth-order valence-electron chi connectivity index (χ4n) is 2.67. The van der Waals surface area contributed by atoms with Gasteiger partial charge in [0.15, 0.2) is 0 Å². The van der Waals surface area contributed by atoms with Crippen molar-refractivity contribution in [3.63, 3.8) is 0 Å². The van der Waals surface area contributed by atoms with Gasteiger partial charge in [0.1, 0.15) is 11.3 Å². The lowest BCUT2D eigenvalue weighted by molar-refractivity contribution is 0.191. The van der Waals surface area contributed by atoms with Crippen molar-refractivity contribution in [3.8, 4) is 0 Å². The van der Waals surface area contributed by atoms with E-state index in [1.165, 1.54) is 10.9 Å². The van der Waals surface area contributed by atoms with Gasteiger partial charge in [0, 0.05) is 23.5 Å². The molecule has 3 nitrogen and oxygen atoms in total. The van der Waals surface area contributed by atoms with Crippen LogP contribution in [-0.2, 0) is 13.1 Å². The zero-order chi connectivity index (χ0) is 14.5. The summed E-state index contributed by atoms with van der Waals surface area (Å²) in [6.45, 7) is 9.52. The molecule has 0 fully saturated rings. The van der Waals surface area contributed by atoms with Crippen LogP contribution >= 0.6 is 0 Å². The molecule has 1 aromatic carbocycles. The minimum absolute atomic E-state index is 0.579. The molecule has 1 atom stereocenters. The summed E-state index contributed by atoms with van der Waals surface area (Å²) in [5.41, 5.74) is 2.29. The smallest absolute Gasteiger partial charge is 0.134 e. The first kappa shape index (κ1) is 15.1. The van der Waals surface area contributed by atoms with E-state index in [0.717, 1.165) is 37.4 Å². The maximum atomic E-state index is 6.10. The summed E-state index contributed by atoms with van der Waals surface area (Å²) >= 11 is 0. The van der Waals surface area contributed by atoms with Crippen molar-refractivity contribution < 1.29 is 4.42 Å². The Morgan fingerprint density at radius 3 is 2.65 bits per heavy atom. The Bertz CT molecular complexity index is 547. The number of fused-ring (bicyclic) bond motifs is 1. The molecule has 1 aromatic heterocycles. The fraction of sp³-hybridized carbons (Fsp3) is 0.529. The summed E-state index contributed by atoms with van der Waals surface area (Å²) in [4.78, 5) is 2.47. The zero-order valence-corrected chi connectivity index (χ0v) is 13.1. The summed E-state index contributed by atoms with van der Waals surface area (Å²) < 4.78 is 6.10. The molecule has 2 aromatic rings. The van der Waals surface area contributed by atoms with E-state index in [0.29, 0.717) is 6.04 Å². The molecular formula is C17H26N2O. The van der Waals surface area contributed by atoms with Crippen LogP contribution in [0.2, 0.25) is 0 Å². The second-order valence-corrected chi connectivity index (χ2v) is 5.35. The Hall–Kier alpha value is -1.32. The lowest BCUT2D eigenvalue weighted by Crippen LogP contribution is -2.32. The molecule has 2 rings (SSSR count). The molecule has 110 valence electrons. The first-order valence-corrected chi connectivity index (χ1v) is 7.59. The van der Waals surface area contributed by atoms with Gasteiger partial charge in [-0.1, -0.05) is 32.0 Å². The molecule has 0 saturated heterocycles. The molecule has 1 unspecified atom stereocenters. The van der Waals surface area contributed by atoms with Crippen molar-refractivity contribution in [2.24, 2.45) is 0 Å². The van der Waals surface area contributed by atoms with Gasteiger partial charge in [-0.2, -0.15) is 0 Å². The molecule has 0 radical (unpaired) electrons. The second-order valence-electron chi connectivity index (χ2n) is 5.35. The van der Waals surface area contributed by atoms with Crippen molar-refractivity contribution in [2.75, 3.05) is 13.6 Å². The standard InChI is InChI=1S/C17H26N2O/c1-5-13(3)19(6-2)12-17-15(11-18-4)14-9-7-8-10-16(14)20-17/h7-10,13,18H,5-6,11-12H2,1-4H3. The minimum atomic E-state index is 0.579. The van der Waals surface area contributed by atoms with Gasteiger partial charge in [0.2, 0.25) is 0 Å². The summed E-state index contributed by atoms with van der Waals surface area (Å²) in [5, 5.41) is 4.49. The lowest BCUT2D eigenvalue weighted by Gasteiger charge is -2.26. The van der Waals surface area contributed by atoms with E-state index in [2.05, 4.69) is 49.2 Å². The average molecular weight is 274 g/mol. The molecule has 0 aliphatic rings. The number of hydrogen-bond acceptors (Lipinski definition) is 3. The number of para-hydroxylation sites is 1. The molecule has 0 amide bonds. The molecule has 0 bridgehead atoms. The van der Waals surface area contributed by atoms with Gasteiger partial charge in [-0.05, 0) is 33.0 Å². The maximum absolute atomic E-state index is 6.10.